The molecular formula is C35H39N5O5. The van der Waals surface area contributed by atoms with Crippen molar-refractivity contribution in [2.75, 3.05) is 47.4 Å². The lowest BCUT2D eigenvalue weighted by Gasteiger charge is -2.31. The normalized spacial score (nSPS) is 14.2. The summed E-state index contributed by atoms with van der Waals surface area (Å²) >= 11 is 0. The predicted octanol–water partition coefficient (Wildman–Crippen LogP) is 4.67. The molecule has 2 heterocycles. The van der Waals surface area contributed by atoms with Crippen LogP contribution in [-0.4, -0.2) is 90.8 Å². The number of aromatic hydroxyl groups is 1. The first kappa shape index (κ1) is 31.5. The van der Waals surface area contributed by atoms with Gasteiger partial charge in [0.05, 0.1) is 29.6 Å². The van der Waals surface area contributed by atoms with Crippen LogP contribution in [0.5, 0.6) is 5.88 Å². The number of aliphatic imine (C=N–C) groups is 1. The molecule has 10 nitrogen and oxygen atoms in total. The number of hydrogen-bond donors (Lipinski definition) is 3. The molecule has 1 fully saturated rings. The van der Waals surface area contributed by atoms with Crippen LogP contribution in [0.4, 0.5) is 5.69 Å². The van der Waals surface area contributed by atoms with Crippen molar-refractivity contribution in [3.05, 3.63) is 94.5 Å². The van der Waals surface area contributed by atoms with E-state index in [2.05, 4.69) is 10.3 Å². The summed E-state index contributed by atoms with van der Waals surface area (Å²) in [5.74, 6) is -0.633. The molecule has 1 saturated heterocycles. The SMILES string of the molecule is COC(=O)c1cc2[nH]c(O)c(C(=Nc3ccc(C(=O)N4CCC(C(=O)NCCN(C)C)CC4)cc3)c3ccccc3)c2cc1C. The topological polar surface area (TPSA) is 127 Å². The molecule has 0 spiro atoms. The van der Waals surface area contributed by atoms with Crippen LogP contribution in [0.3, 0.4) is 0 Å². The van der Waals surface area contributed by atoms with Gasteiger partial charge in [0.25, 0.3) is 5.91 Å². The highest BCUT2D eigenvalue weighted by atomic mass is 16.5. The molecule has 3 aromatic carbocycles. The standard InChI is InChI=1S/C35H39N5O5/c1-22-20-28-29(21-27(22)35(44)45-4)38-33(42)30(28)31(23-8-6-5-7-9-23)37-26-12-10-25(11-13-26)34(43)40-17-14-24(15-18-40)32(41)36-16-19-39(2)3/h5-13,20-21,24,38,42H,14-19H2,1-4H3,(H,36,41). The number of piperidine rings is 1. The quantitative estimate of drug-likeness (QED) is 0.187. The van der Waals surface area contributed by atoms with Crippen LogP contribution in [0, 0.1) is 12.8 Å². The van der Waals surface area contributed by atoms with Crippen molar-refractivity contribution >= 4 is 40.1 Å². The minimum absolute atomic E-state index is 0.0562. The van der Waals surface area contributed by atoms with Crippen molar-refractivity contribution in [2.45, 2.75) is 19.8 Å². The van der Waals surface area contributed by atoms with Crippen LogP contribution in [0.15, 0.2) is 71.7 Å². The van der Waals surface area contributed by atoms with Crippen LogP contribution in [0.1, 0.15) is 50.2 Å². The number of likely N-dealkylation sites (tertiary alicyclic amines) is 1. The fourth-order valence-corrected chi connectivity index (χ4v) is 5.65. The second kappa shape index (κ2) is 13.8. The minimum atomic E-state index is -0.456. The zero-order chi connectivity index (χ0) is 32.1. The maximum absolute atomic E-state index is 13.3. The molecule has 0 unspecified atom stereocenters. The molecule has 0 atom stereocenters. The number of H-pyrrole nitrogens is 1. The van der Waals surface area contributed by atoms with Crippen molar-refractivity contribution in [3.63, 3.8) is 0 Å². The summed E-state index contributed by atoms with van der Waals surface area (Å²) in [6.07, 6.45) is 1.27. The Morgan fingerprint density at radius 3 is 2.36 bits per heavy atom. The number of benzene rings is 3. The molecule has 10 heteroatoms. The molecule has 0 radical (unpaired) electrons. The highest BCUT2D eigenvalue weighted by Gasteiger charge is 2.28. The molecule has 1 aliphatic heterocycles. The number of esters is 1. The Bertz CT molecular complexity index is 1720. The van der Waals surface area contributed by atoms with Crippen LogP contribution < -0.4 is 5.32 Å². The Morgan fingerprint density at radius 1 is 1.02 bits per heavy atom. The van der Waals surface area contributed by atoms with E-state index < -0.39 is 5.97 Å². The van der Waals surface area contributed by atoms with E-state index in [1.807, 2.05) is 62.3 Å². The Kier molecular flexibility index (Phi) is 9.63. The van der Waals surface area contributed by atoms with Gasteiger partial charge in [0.15, 0.2) is 5.88 Å². The number of aromatic nitrogens is 1. The van der Waals surface area contributed by atoms with E-state index in [-0.39, 0.29) is 23.6 Å². The molecule has 0 aliphatic carbocycles. The molecule has 1 aromatic heterocycles. The zero-order valence-corrected chi connectivity index (χ0v) is 26.1. The van der Waals surface area contributed by atoms with Crippen LogP contribution >= 0.6 is 0 Å². The second-order valence-corrected chi connectivity index (χ2v) is 11.6. The highest BCUT2D eigenvalue weighted by molar-refractivity contribution is 6.22. The third kappa shape index (κ3) is 7.07. The summed E-state index contributed by atoms with van der Waals surface area (Å²) in [5, 5.41) is 14.8. The van der Waals surface area contributed by atoms with Crippen LogP contribution in [0.25, 0.3) is 10.9 Å². The summed E-state index contributed by atoms with van der Waals surface area (Å²) < 4.78 is 4.91. The van der Waals surface area contributed by atoms with Gasteiger partial charge in [-0.25, -0.2) is 9.79 Å². The largest absolute Gasteiger partial charge is 0.494 e. The first-order valence-electron chi connectivity index (χ1n) is 15.1. The number of likely N-dealkylation sites (N-methyl/N-ethyl adjacent to an activating group) is 1. The number of ether oxygens (including phenoxy) is 1. The fourth-order valence-electron chi connectivity index (χ4n) is 5.65. The second-order valence-electron chi connectivity index (χ2n) is 11.6. The van der Waals surface area contributed by atoms with Gasteiger partial charge in [-0.05, 0) is 75.8 Å². The van der Waals surface area contributed by atoms with E-state index in [1.54, 1.807) is 35.2 Å². The maximum Gasteiger partial charge on any atom is 0.338 e. The number of hydrogen-bond acceptors (Lipinski definition) is 7. The predicted molar refractivity (Wildman–Crippen MR) is 174 cm³/mol. The van der Waals surface area contributed by atoms with Gasteiger partial charge in [0.2, 0.25) is 5.91 Å². The lowest BCUT2D eigenvalue weighted by Crippen LogP contribution is -2.44. The number of rotatable bonds is 9. The van der Waals surface area contributed by atoms with Gasteiger partial charge >= 0.3 is 5.97 Å². The average molecular weight is 610 g/mol. The van der Waals surface area contributed by atoms with Gasteiger partial charge in [-0.3, -0.25) is 9.59 Å². The van der Waals surface area contributed by atoms with Gasteiger partial charge < -0.3 is 29.9 Å². The Labute approximate surface area is 262 Å². The number of nitrogens with one attached hydrogen (secondary N) is 2. The summed E-state index contributed by atoms with van der Waals surface area (Å²) in [4.78, 5) is 49.8. The lowest BCUT2D eigenvalue weighted by atomic mass is 9.95. The van der Waals surface area contributed by atoms with Crippen molar-refractivity contribution in [1.29, 1.82) is 0 Å². The monoisotopic (exact) mass is 609 g/mol. The number of aryl methyl sites for hydroxylation is 1. The van der Waals surface area contributed by atoms with Crippen molar-refractivity contribution in [3.8, 4) is 5.88 Å². The Morgan fingerprint density at radius 2 is 1.71 bits per heavy atom. The smallest absolute Gasteiger partial charge is 0.338 e. The summed E-state index contributed by atoms with van der Waals surface area (Å²) in [7, 11) is 5.27. The van der Waals surface area contributed by atoms with E-state index in [4.69, 9.17) is 9.73 Å². The molecular weight excluding hydrogens is 570 g/mol. The number of nitrogens with zero attached hydrogens (tertiary/aromatic N) is 3. The number of methoxy groups -OCH3 is 1. The molecule has 45 heavy (non-hydrogen) atoms. The Hall–Kier alpha value is -4.96. The van der Waals surface area contributed by atoms with Gasteiger partial charge in [0, 0.05) is 54.1 Å². The van der Waals surface area contributed by atoms with E-state index in [9.17, 15) is 19.5 Å². The average Bonchev–Trinajstić information content (AvgIpc) is 3.37. The third-order valence-corrected chi connectivity index (χ3v) is 8.18. The Balaban J connectivity index is 1.37. The van der Waals surface area contributed by atoms with Crippen molar-refractivity contribution in [1.82, 2.24) is 20.1 Å². The van der Waals surface area contributed by atoms with E-state index in [1.165, 1.54) is 7.11 Å². The lowest BCUT2D eigenvalue weighted by molar-refractivity contribution is -0.126. The number of aromatic amines is 1. The summed E-state index contributed by atoms with van der Waals surface area (Å²) in [5.41, 5.74) is 4.67. The fraction of sp³-hybridized carbons (Fsp3) is 0.314. The molecule has 4 aromatic rings. The third-order valence-electron chi connectivity index (χ3n) is 8.18. The van der Waals surface area contributed by atoms with E-state index >= 15 is 0 Å². The molecule has 1 aliphatic rings. The molecule has 0 bridgehead atoms. The summed E-state index contributed by atoms with van der Waals surface area (Å²) in [6.45, 7) is 4.27. The molecule has 3 N–H and O–H groups in total. The molecule has 5 rings (SSSR count). The maximum atomic E-state index is 13.3. The first-order chi connectivity index (χ1) is 21.7. The van der Waals surface area contributed by atoms with Crippen LogP contribution in [-0.2, 0) is 9.53 Å². The zero-order valence-electron chi connectivity index (χ0n) is 26.1. The highest BCUT2D eigenvalue weighted by Crippen LogP contribution is 2.33. The summed E-state index contributed by atoms with van der Waals surface area (Å²) in [6, 6.07) is 20.1. The minimum Gasteiger partial charge on any atom is -0.494 e. The molecule has 234 valence electrons. The first-order valence-corrected chi connectivity index (χ1v) is 15.1. The molecule has 2 amide bonds. The van der Waals surface area contributed by atoms with Gasteiger partial charge in [-0.1, -0.05) is 30.3 Å². The number of carbonyl (C=O) groups is 3. The van der Waals surface area contributed by atoms with Gasteiger partial charge in [-0.15, -0.1) is 0 Å². The van der Waals surface area contributed by atoms with Crippen LogP contribution in [0.2, 0.25) is 0 Å². The van der Waals surface area contributed by atoms with E-state index in [0.717, 1.165) is 12.1 Å². The van der Waals surface area contributed by atoms with Crippen molar-refractivity contribution in [2.24, 2.45) is 10.9 Å². The number of fused-ring (bicyclic) bond motifs is 1. The number of amides is 2. The van der Waals surface area contributed by atoms with Crippen molar-refractivity contribution < 1.29 is 24.2 Å². The van der Waals surface area contributed by atoms with Gasteiger partial charge in [-0.2, -0.15) is 0 Å². The van der Waals surface area contributed by atoms with Gasteiger partial charge in [0.1, 0.15) is 0 Å². The van der Waals surface area contributed by atoms with E-state index in [0.29, 0.717) is 77.0 Å². The molecule has 0 saturated carbocycles. The number of carbonyl (C=O) groups excluding carboxylic acids is 3.